The minimum atomic E-state index is -0.166. The molecule has 94 valence electrons. The van der Waals surface area contributed by atoms with Gasteiger partial charge in [-0.05, 0) is 24.8 Å². The van der Waals surface area contributed by atoms with Gasteiger partial charge in [0, 0.05) is 18.8 Å². The molecule has 0 bridgehead atoms. The molecule has 17 heavy (non-hydrogen) atoms. The monoisotopic (exact) mass is 254 g/mol. The summed E-state index contributed by atoms with van der Waals surface area (Å²) in [7, 11) is 1.76. The van der Waals surface area contributed by atoms with Crippen LogP contribution in [0.4, 0.5) is 5.82 Å². The van der Waals surface area contributed by atoms with Crippen LogP contribution in [0.5, 0.6) is 0 Å². The third-order valence-corrected chi connectivity index (χ3v) is 3.08. The van der Waals surface area contributed by atoms with Crippen LogP contribution in [0, 0.1) is 0 Å². The van der Waals surface area contributed by atoms with E-state index in [0.717, 1.165) is 12.2 Å². The summed E-state index contributed by atoms with van der Waals surface area (Å²) < 4.78 is 0. The lowest BCUT2D eigenvalue weighted by Gasteiger charge is -2.15. The first-order valence-electron chi connectivity index (χ1n) is 5.52. The molecule has 2 N–H and O–H groups in total. The Hall–Kier alpha value is -1.30. The third kappa shape index (κ3) is 4.22. The molecule has 1 rings (SSSR count). The fourth-order valence-corrected chi connectivity index (χ4v) is 2.03. The predicted molar refractivity (Wildman–Crippen MR) is 71.5 cm³/mol. The molecule has 0 aliphatic carbocycles. The summed E-state index contributed by atoms with van der Waals surface area (Å²) in [4.78, 5) is 11.8. The van der Waals surface area contributed by atoms with Gasteiger partial charge in [-0.25, -0.2) is 0 Å². The Morgan fingerprint density at radius 2 is 2.24 bits per heavy atom. The summed E-state index contributed by atoms with van der Waals surface area (Å²) in [6.45, 7) is 2.05. The van der Waals surface area contributed by atoms with Crippen molar-refractivity contribution < 1.29 is 4.79 Å². The maximum atomic E-state index is 11.8. The molecule has 0 saturated heterocycles. The van der Waals surface area contributed by atoms with Crippen molar-refractivity contribution >= 4 is 23.5 Å². The largest absolute Gasteiger partial charge is 0.372 e. The first-order valence-corrected chi connectivity index (χ1v) is 6.92. The number of rotatable bonds is 6. The molecule has 1 unspecified atom stereocenters. The van der Waals surface area contributed by atoms with Crippen molar-refractivity contribution in [2.45, 2.75) is 19.4 Å². The standard InChI is InChI=1S/C11H18N4OS/c1-4-8(7-17-3)13-11(16)9-5-6-10(12-2)15-14-9/h5-6,8H,4,7H2,1-3H3,(H,12,15)(H,13,16). The highest BCUT2D eigenvalue weighted by molar-refractivity contribution is 7.98. The van der Waals surface area contributed by atoms with Gasteiger partial charge in [-0.3, -0.25) is 4.79 Å². The van der Waals surface area contributed by atoms with Gasteiger partial charge in [0.1, 0.15) is 5.82 Å². The van der Waals surface area contributed by atoms with Crippen molar-refractivity contribution in [3.8, 4) is 0 Å². The van der Waals surface area contributed by atoms with E-state index in [1.54, 1.807) is 30.9 Å². The smallest absolute Gasteiger partial charge is 0.272 e. The molecule has 0 aromatic carbocycles. The van der Waals surface area contributed by atoms with Crippen LogP contribution in [0.3, 0.4) is 0 Å². The van der Waals surface area contributed by atoms with E-state index in [1.165, 1.54) is 0 Å². The fourth-order valence-electron chi connectivity index (χ4n) is 1.31. The van der Waals surface area contributed by atoms with Crippen LogP contribution in [0.25, 0.3) is 0 Å². The highest BCUT2D eigenvalue weighted by Crippen LogP contribution is 2.04. The maximum Gasteiger partial charge on any atom is 0.272 e. The number of aromatic nitrogens is 2. The molecule has 1 aromatic heterocycles. The lowest BCUT2D eigenvalue weighted by atomic mass is 10.2. The summed E-state index contributed by atoms with van der Waals surface area (Å²) in [5, 5.41) is 13.5. The summed E-state index contributed by atoms with van der Waals surface area (Å²) in [5.74, 6) is 1.39. The molecule has 1 aromatic rings. The van der Waals surface area contributed by atoms with E-state index >= 15 is 0 Å². The number of carbonyl (C=O) groups excluding carboxylic acids is 1. The minimum Gasteiger partial charge on any atom is -0.372 e. The second kappa shape index (κ2) is 7.11. The third-order valence-electron chi connectivity index (χ3n) is 2.35. The first-order chi connectivity index (χ1) is 8.21. The van der Waals surface area contributed by atoms with E-state index < -0.39 is 0 Å². The van der Waals surface area contributed by atoms with E-state index in [9.17, 15) is 4.79 Å². The van der Waals surface area contributed by atoms with E-state index in [2.05, 4.69) is 27.8 Å². The van der Waals surface area contributed by atoms with Gasteiger partial charge in [-0.15, -0.1) is 10.2 Å². The number of hydrogen-bond acceptors (Lipinski definition) is 5. The molecule has 6 heteroatoms. The second-order valence-electron chi connectivity index (χ2n) is 3.59. The Morgan fingerprint density at radius 1 is 1.47 bits per heavy atom. The Labute approximate surface area is 106 Å². The molecule has 0 spiro atoms. The summed E-state index contributed by atoms with van der Waals surface area (Å²) in [5.41, 5.74) is 0.351. The summed E-state index contributed by atoms with van der Waals surface area (Å²) in [6, 6.07) is 3.58. The molecule has 1 amide bonds. The van der Waals surface area contributed by atoms with Crippen molar-refractivity contribution in [2.24, 2.45) is 0 Å². The lowest BCUT2D eigenvalue weighted by molar-refractivity contribution is 0.0934. The van der Waals surface area contributed by atoms with Crippen molar-refractivity contribution in [1.82, 2.24) is 15.5 Å². The molecule has 0 fully saturated rings. The molecule has 5 nitrogen and oxygen atoms in total. The van der Waals surface area contributed by atoms with Gasteiger partial charge in [0.05, 0.1) is 0 Å². The van der Waals surface area contributed by atoms with Crippen molar-refractivity contribution in [3.63, 3.8) is 0 Å². The normalized spacial score (nSPS) is 11.9. The minimum absolute atomic E-state index is 0.166. The van der Waals surface area contributed by atoms with Crippen LogP contribution in [-0.2, 0) is 0 Å². The number of nitrogens with zero attached hydrogens (tertiary/aromatic N) is 2. The zero-order chi connectivity index (χ0) is 12.7. The summed E-state index contributed by atoms with van der Waals surface area (Å²) >= 11 is 1.72. The molecule has 0 aliphatic rings. The number of hydrogen-bond donors (Lipinski definition) is 2. The van der Waals surface area contributed by atoms with Crippen LogP contribution in [0.15, 0.2) is 12.1 Å². The highest BCUT2D eigenvalue weighted by atomic mass is 32.2. The quantitative estimate of drug-likeness (QED) is 0.803. The molecule has 1 atom stereocenters. The Balaban J connectivity index is 2.62. The summed E-state index contributed by atoms with van der Waals surface area (Å²) in [6.07, 6.45) is 2.94. The Bertz CT molecular complexity index is 355. The predicted octanol–water partition coefficient (Wildman–Crippen LogP) is 1.39. The first kappa shape index (κ1) is 13.8. The Kier molecular flexibility index (Phi) is 5.76. The van der Waals surface area contributed by atoms with Crippen molar-refractivity contribution in [1.29, 1.82) is 0 Å². The van der Waals surface area contributed by atoms with Crippen molar-refractivity contribution in [2.75, 3.05) is 24.4 Å². The molecule has 1 heterocycles. The molecule has 0 saturated carbocycles. The number of nitrogens with one attached hydrogen (secondary N) is 2. The van der Waals surface area contributed by atoms with Crippen LogP contribution >= 0.6 is 11.8 Å². The van der Waals surface area contributed by atoms with Gasteiger partial charge in [0.25, 0.3) is 5.91 Å². The van der Waals surface area contributed by atoms with Crippen LogP contribution in [0.2, 0.25) is 0 Å². The Morgan fingerprint density at radius 3 is 2.71 bits per heavy atom. The van der Waals surface area contributed by atoms with Crippen LogP contribution in [0.1, 0.15) is 23.8 Å². The van der Waals surface area contributed by atoms with E-state index in [-0.39, 0.29) is 11.9 Å². The second-order valence-corrected chi connectivity index (χ2v) is 4.50. The highest BCUT2D eigenvalue weighted by Gasteiger charge is 2.13. The maximum absolute atomic E-state index is 11.8. The average molecular weight is 254 g/mol. The molecule has 0 aliphatic heterocycles. The zero-order valence-electron chi connectivity index (χ0n) is 10.4. The number of thioether (sulfide) groups is 1. The lowest BCUT2D eigenvalue weighted by Crippen LogP contribution is -2.36. The van der Waals surface area contributed by atoms with Crippen LogP contribution in [-0.4, -0.2) is 41.2 Å². The van der Waals surface area contributed by atoms with Gasteiger partial charge < -0.3 is 10.6 Å². The number of anilines is 1. The van der Waals surface area contributed by atoms with Gasteiger partial charge >= 0.3 is 0 Å². The fraction of sp³-hybridized carbons (Fsp3) is 0.545. The van der Waals surface area contributed by atoms with E-state index in [1.807, 2.05) is 6.26 Å². The van der Waals surface area contributed by atoms with Crippen LogP contribution < -0.4 is 10.6 Å². The topological polar surface area (TPSA) is 66.9 Å². The molecule has 0 radical (unpaired) electrons. The number of amides is 1. The van der Waals surface area contributed by atoms with Gasteiger partial charge in [-0.2, -0.15) is 11.8 Å². The number of carbonyl (C=O) groups is 1. The van der Waals surface area contributed by atoms with E-state index in [4.69, 9.17) is 0 Å². The van der Waals surface area contributed by atoms with E-state index in [0.29, 0.717) is 11.5 Å². The molecular weight excluding hydrogens is 236 g/mol. The zero-order valence-corrected chi connectivity index (χ0v) is 11.2. The van der Waals surface area contributed by atoms with Gasteiger partial charge in [-0.1, -0.05) is 6.92 Å². The molecular formula is C11H18N4OS. The van der Waals surface area contributed by atoms with Gasteiger partial charge in [0.15, 0.2) is 5.69 Å². The average Bonchev–Trinajstić information content (AvgIpc) is 2.38. The van der Waals surface area contributed by atoms with Crippen molar-refractivity contribution in [3.05, 3.63) is 17.8 Å². The van der Waals surface area contributed by atoms with Gasteiger partial charge in [0.2, 0.25) is 0 Å². The SMILES string of the molecule is CCC(CSC)NC(=O)c1ccc(NC)nn1.